The van der Waals surface area contributed by atoms with E-state index in [-0.39, 0.29) is 5.78 Å². The number of rotatable bonds is 5. The third-order valence-electron chi connectivity index (χ3n) is 3.03. The number of carbonyl (C=O) groups excluding carboxylic acids is 1. The van der Waals surface area contributed by atoms with Crippen LogP contribution in [0.25, 0.3) is 0 Å². The lowest BCUT2D eigenvalue weighted by Crippen LogP contribution is -2.11. The SMILES string of the molecule is CCc1cc(C(=O)Cc2cccc(Cl)c2)n(CC)n1. The first-order valence-corrected chi connectivity index (χ1v) is 6.86. The molecule has 19 heavy (non-hydrogen) atoms. The molecule has 0 saturated carbocycles. The molecule has 0 N–H and O–H groups in total. The number of carbonyl (C=O) groups is 1. The summed E-state index contributed by atoms with van der Waals surface area (Å²) in [5, 5.41) is 5.05. The summed E-state index contributed by atoms with van der Waals surface area (Å²) in [6.07, 6.45) is 1.19. The van der Waals surface area contributed by atoms with Gasteiger partial charge in [0, 0.05) is 18.0 Å². The smallest absolute Gasteiger partial charge is 0.185 e. The Kier molecular flexibility index (Phi) is 4.38. The van der Waals surface area contributed by atoms with Crippen LogP contribution in [0.3, 0.4) is 0 Å². The second-order valence-corrected chi connectivity index (χ2v) is 4.86. The van der Waals surface area contributed by atoms with Crippen molar-refractivity contribution in [2.75, 3.05) is 0 Å². The maximum Gasteiger partial charge on any atom is 0.185 e. The van der Waals surface area contributed by atoms with Gasteiger partial charge in [0.25, 0.3) is 0 Å². The largest absolute Gasteiger partial charge is 0.292 e. The molecular weight excluding hydrogens is 260 g/mol. The van der Waals surface area contributed by atoms with Gasteiger partial charge in [0.1, 0.15) is 5.69 Å². The van der Waals surface area contributed by atoms with Crippen LogP contribution in [0.4, 0.5) is 0 Å². The molecule has 100 valence electrons. The van der Waals surface area contributed by atoms with Gasteiger partial charge in [-0.2, -0.15) is 5.10 Å². The first-order valence-electron chi connectivity index (χ1n) is 6.48. The second kappa shape index (κ2) is 6.02. The highest BCUT2D eigenvalue weighted by molar-refractivity contribution is 6.30. The molecule has 3 nitrogen and oxygen atoms in total. The highest BCUT2D eigenvalue weighted by Gasteiger charge is 2.14. The second-order valence-electron chi connectivity index (χ2n) is 4.42. The minimum absolute atomic E-state index is 0.0799. The Bertz CT molecular complexity index is 590. The normalized spacial score (nSPS) is 10.7. The van der Waals surface area contributed by atoms with Gasteiger partial charge in [-0.1, -0.05) is 30.7 Å². The molecular formula is C15H17ClN2O. The summed E-state index contributed by atoms with van der Waals surface area (Å²) >= 11 is 5.93. The topological polar surface area (TPSA) is 34.9 Å². The standard InChI is InChI=1S/C15H17ClN2O/c1-3-13-10-14(18(4-2)17-13)15(19)9-11-6-5-7-12(16)8-11/h5-8,10H,3-4,9H2,1-2H3. The molecule has 0 aliphatic heterocycles. The number of ketones is 1. The molecule has 2 aromatic rings. The van der Waals surface area contributed by atoms with Crippen molar-refractivity contribution in [1.29, 1.82) is 0 Å². The molecule has 0 spiro atoms. The molecule has 0 amide bonds. The average molecular weight is 277 g/mol. The van der Waals surface area contributed by atoms with Crippen LogP contribution in [0.1, 0.15) is 35.6 Å². The van der Waals surface area contributed by atoms with Crippen LogP contribution in [0.2, 0.25) is 5.02 Å². The molecule has 2 rings (SSSR count). The molecule has 0 saturated heterocycles. The van der Waals surface area contributed by atoms with Gasteiger partial charge in [0.2, 0.25) is 0 Å². The fourth-order valence-corrected chi connectivity index (χ4v) is 2.24. The number of benzene rings is 1. The van der Waals surface area contributed by atoms with E-state index >= 15 is 0 Å². The van der Waals surface area contributed by atoms with E-state index in [1.165, 1.54) is 0 Å². The van der Waals surface area contributed by atoms with E-state index < -0.39 is 0 Å². The summed E-state index contributed by atoms with van der Waals surface area (Å²) < 4.78 is 1.77. The van der Waals surface area contributed by atoms with E-state index in [1.807, 2.05) is 38.1 Å². The zero-order chi connectivity index (χ0) is 13.8. The van der Waals surface area contributed by atoms with Crippen molar-refractivity contribution in [2.24, 2.45) is 0 Å². The monoisotopic (exact) mass is 276 g/mol. The van der Waals surface area contributed by atoms with Crippen LogP contribution >= 0.6 is 11.6 Å². The summed E-state index contributed by atoms with van der Waals surface area (Å²) in [7, 11) is 0. The predicted molar refractivity (Wildman–Crippen MR) is 76.8 cm³/mol. The molecule has 4 heteroatoms. The van der Waals surface area contributed by atoms with Crippen LogP contribution in [0.5, 0.6) is 0 Å². The number of hydrogen-bond donors (Lipinski definition) is 0. The van der Waals surface area contributed by atoms with Crippen molar-refractivity contribution in [2.45, 2.75) is 33.2 Å². The van der Waals surface area contributed by atoms with Crippen molar-refractivity contribution in [3.05, 3.63) is 52.3 Å². The first-order chi connectivity index (χ1) is 9.13. The minimum atomic E-state index is 0.0799. The molecule has 0 radical (unpaired) electrons. The lowest BCUT2D eigenvalue weighted by atomic mass is 10.1. The van der Waals surface area contributed by atoms with E-state index in [2.05, 4.69) is 5.10 Å². The maximum atomic E-state index is 12.3. The maximum absolute atomic E-state index is 12.3. The highest BCUT2D eigenvalue weighted by atomic mass is 35.5. The Balaban J connectivity index is 2.22. The highest BCUT2D eigenvalue weighted by Crippen LogP contribution is 2.14. The van der Waals surface area contributed by atoms with Crippen LogP contribution < -0.4 is 0 Å². The lowest BCUT2D eigenvalue weighted by molar-refractivity contribution is 0.0983. The van der Waals surface area contributed by atoms with Crippen LogP contribution in [-0.4, -0.2) is 15.6 Å². The number of Topliss-reactive ketones (excluding diaryl/α,β-unsaturated/α-hetero) is 1. The van der Waals surface area contributed by atoms with Gasteiger partial charge < -0.3 is 0 Å². The summed E-state index contributed by atoms with van der Waals surface area (Å²) in [5.41, 5.74) is 2.56. The Morgan fingerprint density at radius 3 is 2.74 bits per heavy atom. The zero-order valence-electron chi connectivity index (χ0n) is 11.2. The van der Waals surface area contributed by atoms with Crippen LogP contribution in [0, 0.1) is 0 Å². The van der Waals surface area contributed by atoms with E-state index in [0.29, 0.717) is 23.7 Å². The van der Waals surface area contributed by atoms with Gasteiger partial charge in [-0.25, -0.2) is 0 Å². The molecule has 1 aromatic carbocycles. The number of halogens is 1. The molecule has 1 aromatic heterocycles. The van der Waals surface area contributed by atoms with Gasteiger partial charge >= 0.3 is 0 Å². The van der Waals surface area contributed by atoms with Crippen molar-refractivity contribution in [1.82, 2.24) is 9.78 Å². The van der Waals surface area contributed by atoms with Crippen molar-refractivity contribution >= 4 is 17.4 Å². The van der Waals surface area contributed by atoms with Gasteiger partial charge in [0.05, 0.1) is 5.69 Å². The number of hydrogen-bond acceptors (Lipinski definition) is 2. The van der Waals surface area contributed by atoms with Crippen LogP contribution in [-0.2, 0) is 19.4 Å². The summed E-state index contributed by atoms with van der Waals surface area (Å²) in [5.74, 6) is 0.0799. The molecule has 1 heterocycles. The molecule has 0 fully saturated rings. The minimum Gasteiger partial charge on any atom is -0.292 e. The fourth-order valence-electron chi connectivity index (χ4n) is 2.03. The number of nitrogens with zero attached hydrogens (tertiary/aromatic N) is 2. The van der Waals surface area contributed by atoms with E-state index in [1.54, 1.807) is 10.7 Å². The summed E-state index contributed by atoms with van der Waals surface area (Å²) in [4.78, 5) is 12.3. The lowest BCUT2D eigenvalue weighted by Gasteiger charge is -2.04. The summed E-state index contributed by atoms with van der Waals surface area (Å²) in [6.45, 7) is 4.73. The fraction of sp³-hybridized carbons (Fsp3) is 0.333. The predicted octanol–water partition coefficient (Wildman–Crippen LogP) is 3.54. The Labute approximate surface area is 118 Å². The Morgan fingerprint density at radius 1 is 1.32 bits per heavy atom. The summed E-state index contributed by atoms with van der Waals surface area (Å²) in [6, 6.07) is 9.29. The Hall–Kier alpha value is -1.61. The van der Waals surface area contributed by atoms with Gasteiger partial charge in [0.15, 0.2) is 5.78 Å². The van der Waals surface area contributed by atoms with Crippen LogP contribution in [0.15, 0.2) is 30.3 Å². The van der Waals surface area contributed by atoms with E-state index in [4.69, 9.17) is 11.6 Å². The molecule has 0 atom stereocenters. The average Bonchev–Trinajstić information content (AvgIpc) is 2.82. The van der Waals surface area contributed by atoms with Crippen molar-refractivity contribution in [3.63, 3.8) is 0 Å². The number of aryl methyl sites for hydroxylation is 2. The Morgan fingerprint density at radius 2 is 2.11 bits per heavy atom. The van der Waals surface area contributed by atoms with E-state index in [0.717, 1.165) is 17.7 Å². The quantitative estimate of drug-likeness (QED) is 0.783. The van der Waals surface area contributed by atoms with Gasteiger partial charge in [-0.05, 0) is 37.1 Å². The van der Waals surface area contributed by atoms with Crippen molar-refractivity contribution < 1.29 is 4.79 Å². The molecule has 0 aliphatic rings. The zero-order valence-corrected chi connectivity index (χ0v) is 11.9. The van der Waals surface area contributed by atoms with E-state index in [9.17, 15) is 4.79 Å². The molecule has 0 bridgehead atoms. The third kappa shape index (κ3) is 3.24. The molecule has 0 aliphatic carbocycles. The third-order valence-corrected chi connectivity index (χ3v) is 3.27. The van der Waals surface area contributed by atoms with Gasteiger partial charge in [-0.15, -0.1) is 0 Å². The van der Waals surface area contributed by atoms with Gasteiger partial charge in [-0.3, -0.25) is 9.48 Å². The molecule has 0 unspecified atom stereocenters. The number of aromatic nitrogens is 2. The first kappa shape index (κ1) is 13.8. The van der Waals surface area contributed by atoms with Crippen molar-refractivity contribution in [3.8, 4) is 0 Å².